The minimum absolute atomic E-state index is 0. The number of rotatable bonds is 13. The van der Waals surface area contributed by atoms with Crippen LogP contribution in [0.15, 0.2) is 0 Å². The van der Waals surface area contributed by atoms with Crippen LogP contribution in [0, 0.1) is 0 Å². The normalized spacial score (nSPS) is 16.8. The van der Waals surface area contributed by atoms with E-state index >= 15 is 0 Å². The van der Waals surface area contributed by atoms with Gasteiger partial charge in [0.15, 0.2) is 0 Å². The average molecular weight is 388 g/mol. The van der Waals surface area contributed by atoms with Crippen LogP contribution in [0.4, 0.5) is 0 Å². The monoisotopic (exact) mass is 387 g/mol. The minimum atomic E-state index is -0.270. The minimum Gasteiger partial charge on any atom is -0.354 e. The zero-order valence-electron chi connectivity index (χ0n) is 16.7. The fourth-order valence-corrected chi connectivity index (χ4v) is 3.49. The average Bonchev–Trinajstić information content (AvgIpc) is 2.64. The number of likely N-dealkylation sites (tertiary alicyclic amines) is 1. The third-order valence-corrected chi connectivity index (χ3v) is 5.05. The Balaban J connectivity index is 0.00000625. The van der Waals surface area contributed by atoms with Crippen LogP contribution in [0.2, 0.25) is 0 Å². The highest BCUT2D eigenvalue weighted by molar-refractivity contribution is 7.59. The first-order chi connectivity index (χ1) is 12.2. The first-order valence-electron chi connectivity index (χ1n) is 10.5. The summed E-state index contributed by atoms with van der Waals surface area (Å²) in [4.78, 5) is 26.7. The summed E-state index contributed by atoms with van der Waals surface area (Å²) in [6, 6.07) is -0.270. The molecule has 1 rings (SSSR count). The maximum absolute atomic E-state index is 12.5. The van der Waals surface area contributed by atoms with Crippen molar-refractivity contribution in [3.8, 4) is 0 Å². The van der Waals surface area contributed by atoms with Crippen LogP contribution in [0.1, 0.15) is 90.4 Å². The third-order valence-electron chi connectivity index (χ3n) is 5.05. The van der Waals surface area contributed by atoms with Gasteiger partial charge in [-0.3, -0.25) is 9.59 Å². The van der Waals surface area contributed by atoms with Crippen molar-refractivity contribution in [2.45, 2.75) is 96.4 Å². The molecule has 0 aliphatic carbocycles. The van der Waals surface area contributed by atoms with Gasteiger partial charge in [-0.05, 0) is 38.6 Å². The van der Waals surface area contributed by atoms with Gasteiger partial charge in [-0.1, -0.05) is 51.9 Å². The smallest absolute Gasteiger partial charge is 0.242 e. The summed E-state index contributed by atoms with van der Waals surface area (Å²) in [7, 11) is 0. The van der Waals surface area contributed by atoms with Crippen LogP contribution in [-0.2, 0) is 9.59 Å². The molecule has 3 N–H and O–H groups in total. The van der Waals surface area contributed by atoms with Crippen LogP contribution < -0.4 is 11.1 Å². The van der Waals surface area contributed by atoms with Crippen molar-refractivity contribution in [2.24, 2.45) is 5.73 Å². The number of amides is 2. The van der Waals surface area contributed by atoms with E-state index in [0.717, 1.165) is 45.1 Å². The van der Waals surface area contributed by atoms with E-state index < -0.39 is 0 Å². The molecule has 1 aliphatic rings. The second-order valence-corrected chi connectivity index (χ2v) is 7.26. The van der Waals surface area contributed by atoms with Crippen LogP contribution in [-0.4, -0.2) is 42.4 Å². The van der Waals surface area contributed by atoms with Gasteiger partial charge in [0.2, 0.25) is 11.8 Å². The first kappa shape index (κ1) is 25.2. The summed E-state index contributed by atoms with van der Waals surface area (Å²) >= 11 is 0. The molecule has 0 radical (unpaired) electrons. The lowest BCUT2D eigenvalue weighted by atomic mass is 10.00. The number of hydrogen-bond acceptors (Lipinski definition) is 3. The number of nitrogens with one attached hydrogen (secondary N) is 1. The molecule has 154 valence electrons. The fraction of sp³-hybridized carbons (Fsp3) is 0.900. The number of nitrogens with zero attached hydrogens (tertiary/aromatic N) is 1. The Kier molecular flexibility index (Phi) is 16.0. The van der Waals surface area contributed by atoms with Crippen molar-refractivity contribution in [1.82, 2.24) is 10.2 Å². The molecule has 0 saturated carbocycles. The first-order valence-corrected chi connectivity index (χ1v) is 10.5. The van der Waals surface area contributed by atoms with Gasteiger partial charge in [0.05, 0.1) is 0 Å². The molecular formula is C20H41N3O2S. The van der Waals surface area contributed by atoms with E-state index in [1.807, 2.05) is 4.90 Å². The number of nitrogens with two attached hydrogens (primary N) is 1. The Morgan fingerprint density at radius 2 is 1.65 bits per heavy atom. The van der Waals surface area contributed by atoms with Crippen LogP contribution in [0.5, 0.6) is 0 Å². The molecule has 6 heteroatoms. The SMILES string of the molecule is CCCCCCCCCCC(=O)N1CCCCC1C(=O)NCCCN.S. The molecule has 0 bridgehead atoms. The molecule has 1 heterocycles. The third kappa shape index (κ3) is 10.4. The zero-order valence-corrected chi connectivity index (χ0v) is 17.7. The topological polar surface area (TPSA) is 75.4 Å². The molecule has 5 nitrogen and oxygen atoms in total. The molecule has 0 aromatic rings. The Morgan fingerprint density at radius 3 is 2.31 bits per heavy atom. The molecule has 26 heavy (non-hydrogen) atoms. The lowest BCUT2D eigenvalue weighted by molar-refractivity contribution is -0.142. The number of carbonyl (C=O) groups excluding carboxylic acids is 2. The summed E-state index contributed by atoms with van der Waals surface area (Å²) in [5.41, 5.74) is 5.47. The highest BCUT2D eigenvalue weighted by Gasteiger charge is 2.31. The van der Waals surface area contributed by atoms with E-state index in [9.17, 15) is 9.59 Å². The molecule has 1 aliphatic heterocycles. The van der Waals surface area contributed by atoms with Gasteiger partial charge >= 0.3 is 0 Å². The van der Waals surface area contributed by atoms with Gasteiger partial charge in [0.25, 0.3) is 0 Å². The Morgan fingerprint density at radius 1 is 1.00 bits per heavy atom. The summed E-state index contributed by atoms with van der Waals surface area (Å²) < 4.78 is 0. The quantitative estimate of drug-likeness (QED) is 0.475. The van der Waals surface area contributed by atoms with E-state index in [-0.39, 0.29) is 31.4 Å². The van der Waals surface area contributed by atoms with Crippen molar-refractivity contribution in [3.63, 3.8) is 0 Å². The predicted molar refractivity (Wildman–Crippen MR) is 114 cm³/mol. The maximum atomic E-state index is 12.5. The van der Waals surface area contributed by atoms with Crippen LogP contribution in [0.25, 0.3) is 0 Å². The Labute approximate surface area is 167 Å². The summed E-state index contributed by atoms with van der Waals surface area (Å²) in [6.45, 7) is 4.14. The molecule has 0 spiro atoms. The number of carbonyl (C=O) groups is 2. The molecule has 1 saturated heterocycles. The molecule has 2 amide bonds. The van der Waals surface area contributed by atoms with Gasteiger partial charge in [-0.25, -0.2) is 0 Å². The number of hydrogen-bond donors (Lipinski definition) is 2. The standard InChI is InChI=1S/C20H39N3O2.H2S/c1-2-3-4-5-6-7-8-9-14-19(24)23-17-11-10-13-18(23)20(25)22-16-12-15-21;/h18H,2-17,21H2,1H3,(H,22,25);1H2. The van der Waals surface area contributed by atoms with Crippen LogP contribution in [0.3, 0.4) is 0 Å². The summed E-state index contributed by atoms with van der Waals surface area (Å²) in [5, 5.41) is 2.93. The van der Waals surface area contributed by atoms with Crippen molar-refractivity contribution < 1.29 is 9.59 Å². The second-order valence-electron chi connectivity index (χ2n) is 7.26. The lowest BCUT2D eigenvalue weighted by Gasteiger charge is -2.34. The van der Waals surface area contributed by atoms with Crippen molar-refractivity contribution in [1.29, 1.82) is 0 Å². The van der Waals surface area contributed by atoms with Crippen LogP contribution >= 0.6 is 13.5 Å². The zero-order chi connectivity index (χ0) is 18.3. The number of piperidine rings is 1. The van der Waals surface area contributed by atoms with Gasteiger partial charge in [0.1, 0.15) is 6.04 Å². The number of unbranched alkanes of at least 4 members (excludes halogenated alkanes) is 7. The highest BCUT2D eigenvalue weighted by Crippen LogP contribution is 2.19. The second kappa shape index (κ2) is 16.4. The van der Waals surface area contributed by atoms with E-state index in [1.165, 1.54) is 38.5 Å². The Bertz CT molecular complexity index is 380. The molecule has 1 unspecified atom stereocenters. The van der Waals surface area contributed by atoms with E-state index in [1.54, 1.807) is 0 Å². The summed E-state index contributed by atoms with van der Waals surface area (Å²) in [5.74, 6) is 0.155. The predicted octanol–water partition coefficient (Wildman–Crippen LogP) is 3.48. The van der Waals surface area contributed by atoms with Gasteiger partial charge in [-0.15, -0.1) is 0 Å². The molecular weight excluding hydrogens is 346 g/mol. The van der Waals surface area contributed by atoms with Gasteiger partial charge in [-0.2, -0.15) is 13.5 Å². The largest absolute Gasteiger partial charge is 0.354 e. The maximum Gasteiger partial charge on any atom is 0.242 e. The van der Waals surface area contributed by atoms with E-state index in [0.29, 0.717) is 19.5 Å². The Hall–Kier alpha value is -0.750. The fourth-order valence-electron chi connectivity index (χ4n) is 3.49. The van der Waals surface area contributed by atoms with Gasteiger partial charge < -0.3 is 16.0 Å². The summed E-state index contributed by atoms with van der Waals surface area (Å²) in [6.07, 6.45) is 14.0. The highest BCUT2D eigenvalue weighted by atomic mass is 32.1. The molecule has 1 atom stereocenters. The van der Waals surface area contributed by atoms with Gasteiger partial charge in [0, 0.05) is 19.5 Å². The lowest BCUT2D eigenvalue weighted by Crippen LogP contribution is -2.52. The van der Waals surface area contributed by atoms with Crippen molar-refractivity contribution in [2.75, 3.05) is 19.6 Å². The van der Waals surface area contributed by atoms with Crippen molar-refractivity contribution >= 4 is 25.3 Å². The molecule has 0 aromatic heterocycles. The molecule has 1 fully saturated rings. The van der Waals surface area contributed by atoms with E-state index in [4.69, 9.17) is 5.73 Å². The molecule has 0 aromatic carbocycles. The van der Waals surface area contributed by atoms with Crippen molar-refractivity contribution in [3.05, 3.63) is 0 Å². The van der Waals surface area contributed by atoms with E-state index in [2.05, 4.69) is 12.2 Å².